The van der Waals surface area contributed by atoms with E-state index in [0.29, 0.717) is 43.9 Å². The molecule has 1 aliphatic heterocycles. The second-order valence-corrected chi connectivity index (χ2v) is 9.78. The summed E-state index contributed by atoms with van der Waals surface area (Å²) in [5, 5.41) is 8.93. The van der Waals surface area contributed by atoms with Crippen molar-refractivity contribution in [3.8, 4) is 6.07 Å². The molecule has 0 aliphatic carbocycles. The van der Waals surface area contributed by atoms with Crippen LogP contribution in [0.15, 0.2) is 53.4 Å². The summed E-state index contributed by atoms with van der Waals surface area (Å²) in [5.74, 6) is -0.0906. The second kappa shape index (κ2) is 10.7. The molecule has 1 amide bonds. The van der Waals surface area contributed by atoms with Crippen LogP contribution in [0.3, 0.4) is 0 Å². The first kappa shape index (κ1) is 23.9. The lowest BCUT2D eigenvalue weighted by Gasteiger charge is -2.22. The van der Waals surface area contributed by atoms with Crippen LogP contribution in [0.1, 0.15) is 41.8 Å². The van der Waals surface area contributed by atoms with Crippen LogP contribution in [-0.2, 0) is 16.6 Å². The molecule has 0 saturated carbocycles. The van der Waals surface area contributed by atoms with Gasteiger partial charge in [0.05, 0.1) is 16.5 Å². The Hall–Kier alpha value is -2.73. The SMILES string of the molecule is CCN(CC)C(=O)c1ccc(S(=O)(=O)N2CCCN(Cc3ccc(C#N)cc3)CC2)cc1. The van der Waals surface area contributed by atoms with Crippen molar-refractivity contribution in [1.82, 2.24) is 14.1 Å². The minimum absolute atomic E-state index is 0.0906. The average molecular weight is 455 g/mol. The van der Waals surface area contributed by atoms with Crippen LogP contribution in [-0.4, -0.2) is 67.7 Å². The molecule has 2 aromatic rings. The average Bonchev–Trinajstić information content (AvgIpc) is 3.06. The molecule has 0 unspecified atom stereocenters. The highest BCUT2D eigenvalue weighted by molar-refractivity contribution is 7.89. The van der Waals surface area contributed by atoms with Crippen LogP contribution in [0.25, 0.3) is 0 Å². The van der Waals surface area contributed by atoms with E-state index in [-0.39, 0.29) is 10.8 Å². The third-order valence-electron chi connectivity index (χ3n) is 5.83. The van der Waals surface area contributed by atoms with Gasteiger partial charge in [-0.2, -0.15) is 9.57 Å². The zero-order valence-corrected chi connectivity index (χ0v) is 19.5. The van der Waals surface area contributed by atoms with Crippen LogP contribution >= 0.6 is 0 Å². The van der Waals surface area contributed by atoms with Gasteiger partial charge in [-0.25, -0.2) is 8.42 Å². The number of nitriles is 1. The van der Waals surface area contributed by atoms with Crippen LogP contribution in [0.4, 0.5) is 0 Å². The summed E-state index contributed by atoms with van der Waals surface area (Å²) in [4.78, 5) is 16.6. The Kier molecular flexibility index (Phi) is 8.02. The first-order valence-electron chi connectivity index (χ1n) is 11.0. The topological polar surface area (TPSA) is 84.7 Å². The number of rotatable bonds is 7. The number of benzene rings is 2. The highest BCUT2D eigenvalue weighted by Crippen LogP contribution is 2.20. The predicted octanol–water partition coefficient (Wildman–Crippen LogP) is 2.94. The van der Waals surface area contributed by atoms with Gasteiger partial charge >= 0.3 is 0 Å². The molecule has 32 heavy (non-hydrogen) atoms. The van der Waals surface area contributed by atoms with Crippen molar-refractivity contribution in [3.05, 3.63) is 65.2 Å². The first-order chi connectivity index (χ1) is 15.4. The van der Waals surface area contributed by atoms with Crippen LogP contribution in [0, 0.1) is 11.3 Å². The van der Waals surface area contributed by atoms with Crippen molar-refractivity contribution >= 4 is 15.9 Å². The standard InChI is InChI=1S/C24H30N4O3S/c1-3-27(4-2)24(29)22-10-12-23(13-11-22)32(30,31)28-15-5-14-26(16-17-28)19-21-8-6-20(18-25)7-9-21/h6-13H,3-5,14-17,19H2,1-2H3. The molecule has 1 fully saturated rings. The molecule has 1 saturated heterocycles. The highest BCUT2D eigenvalue weighted by atomic mass is 32.2. The van der Waals surface area contributed by atoms with Gasteiger partial charge in [0, 0.05) is 44.8 Å². The molecular formula is C24H30N4O3S. The number of sulfonamides is 1. The van der Waals surface area contributed by atoms with Gasteiger partial charge in [0.15, 0.2) is 0 Å². The van der Waals surface area contributed by atoms with Gasteiger partial charge in [-0.15, -0.1) is 0 Å². The lowest BCUT2D eigenvalue weighted by atomic mass is 10.1. The number of nitrogens with zero attached hydrogens (tertiary/aromatic N) is 4. The molecule has 0 atom stereocenters. The molecule has 7 nitrogen and oxygen atoms in total. The molecule has 0 N–H and O–H groups in total. The van der Waals surface area contributed by atoms with Crippen molar-refractivity contribution < 1.29 is 13.2 Å². The summed E-state index contributed by atoms with van der Waals surface area (Å²) in [6, 6.07) is 15.9. The fraction of sp³-hybridized carbons (Fsp3) is 0.417. The van der Waals surface area contributed by atoms with Gasteiger partial charge in [-0.1, -0.05) is 12.1 Å². The van der Waals surface area contributed by atoms with Crippen molar-refractivity contribution in [3.63, 3.8) is 0 Å². The normalized spacial score (nSPS) is 15.7. The molecule has 0 radical (unpaired) electrons. The van der Waals surface area contributed by atoms with E-state index >= 15 is 0 Å². The molecule has 8 heteroatoms. The van der Waals surface area contributed by atoms with E-state index in [1.807, 2.05) is 26.0 Å². The highest BCUT2D eigenvalue weighted by Gasteiger charge is 2.27. The monoisotopic (exact) mass is 454 g/mol. The second-order valence-electron chi connectivity index (χ2n) is 7.84. The third-order valence-corrected chi connectivity index (χ3v) is 7.74. The van der Waals surface area contributed by atoms with Gasteiger partial charge in [0.25, 0.3) is 5.91 Å². The minimum Gasteiger partial charge on any atom is -0.339 e. The maximum atomic E-state index is 13.2. The lowest BCUT2D eigenvalue weighted by Crippen LogP contribution is -2.35. The molecule has 0 aromatic heterocycles. The zero-order valence-electron chi connectivity index (χ0n) is 18.7. The van der Waals surface area contributed by atoms with Gasteiger partial charge in [0.1, 0.15) is 0 Å². The fourth-order valence-corrected chi connectivity index (χ4v) is 5.37. The first-order valence-corrected chi connectivity index (χ1v) is 12.4. The van der Waals surface area contributed by atoms with Crippen molar-refractivity contribution in [1.29, 1.82) is 5.26 Å². The largest absolute Gasteiger partial charge is 0.339 e. The van der Waals surface area contributed by atoms with E-state index in [2.05, 4.69) is 11.0 Å². The van der Waals surface area contributed by atoms with E-state index in [4.69, 9.17) is 5.26 Å². The van der Waals surface area contributed by atoms with E-state index in [1.54, 1.807) is 29.2 Å². The lowest BCUT2D eigenvalue weighted by molar-refractivity contribution is 0.0773. The van der Waals surface area contributed by atoms with Gasteiger partial charge in [-0.05, 0) is 68.8 Å². The molecule has 0 spiro atoms. The molecule has 2 aromatic carbocycles. The summed E-state index contributed by atoms with van der Waals surface area (Å²) in [6.07, 6.45) is 0.744. The molecule has 0 bridgehead atoms. The Labute approximate surface area is 190 Å². The van der Waals surface area contributed by atoms with Gasteiger partial charge < -0.3 is 4.90 Å². The maximum Gasteiger partial charge on any atom is 0.253 e. The number of hydrogen-bond donors (Lipinski definition) is 0. The molecule has 1 aliphatic rings. The summed E-state index contributed by atoms with van der Waals surface area (Å²) in [6.45, 7) is 8.12. The maximum absolute atomic E-state index is 13.2. The van der Waals surface area contributed by atoms with E-state index in [9.17, 15) is 13.2 Å². The van der Waals surface area contributed by atoms with E-state index < -0.39 is 10.0 Å². The molecule has 170 valence electrons. The van der Waals surface area contributed by atoms with Crippen LogP contribution < -0.4 is 0 Å². The Morgan fingerprint density at radius 3 is 2.22 bits per heavy atom. The number of hydrogen-bond acceptors (Lipinski definition) is 5. The number of amides is 1. The molecular weight excluding hydrogens is 424 g/mol. The Bertz CT molecular complexity index is 1060. The summed E-state index contributed by atoms with van der Waals surface area (Å²) in [7, 11) is -3.62. The zero-order chi connectivity index (χ0) is 23.1. The van der Waals surface area contributed by atoms with Gasteiger partial charge in [-0.3, -0.25) is 9.69 Å². The molecule has 1 heterocycles. The van der Waals surface area contributed by atoms with Gasteiger partial charge in [0.2, 0.25) is 10.0 Å². The smallest absolute Gasteiger partial charge is 0.253 e. The van der Waals surface area contributed by atoms with E-state index in [0.717, 1.165) is 25.1 Å². The Morgan fingerprint density at radius 2 is 1.62 bits per heavy atom. The summed E-state index contributed by atoms with van der Waals surface area (Å²) >= 11 is 0. The number of carbonyl (C=O) groups excluding carboxylic acids is 1. The van der Waals surface area contributed by atoms with E-state index in [1.165, 1.54) is 16.4 Å². The predicted molar refractivity (Wildman–Crippen MR) is 124 cm³/mol. The molecule has 3 rings (SSSR count). The Morgan fingerprint density at radius 1 is 0.969 bits per heavy atom. The van der Waals surface area contributed by atoms with Crippen molar-refractivity contribution in [2.45, 2.75) is 31.7 Å². The quantitative estimate of drug-likeness (QED) is 0.642. The summed E-state index contributed by atoms with van der Waals surface area (Å²) in [5.41, 5.74) is 2.23. The number of carbonyl (C=O) groups is 1. The van der Waals surface area contributed by atoms with Crippen molar-refractivity contribution in [2.75, 3.05) is 39.3 Å². The fourth-order valence-electron chi connectivity index (χ4n) is 3.90. The minimum atomic E-state index is -3.62. The summed E-state index contributed by atoms with van der Waals surface area (Å²) < 4.78 is 27.9. The van der Waals surface area contributed by atoms with Crippen LogP contribution in [0.2, 0.25) is 0 Å². The third kappa shape index (κ3) is 5.54. The van der Waals surface area contributed by atoms with Crippen molar-refractivity contribution in [2.24, 2.45) is 0 Å². The Balaban J connectivity index is 1.65. The van der Waals surface area contributed by atoms with Crippen LogP contribution in [0.5, 0.6) is 0 Å².